The van der Waals surface area contributed by atoms with Gasteiger partial charge in [0.25, 0.3) is 0 Å². The van der Waals surface area contributed by atoms with Crippen molar-refractivity contribution in [2.75, 3.05) is 32.7 Å². The molecule has 1 amide bonds. The van der Waals surface area contributed by atoms with Gasteiger partial charge in [0.15, 0.2) is 5.96 Å². The van der Waals surface area contributed by atoms with E-state index in [1.165, 1.54) is 0 Å². The van der Waals surface area contributed by atoms with Gasteiger partial charge in [0, 0.05) is 44.8 Å². The molecule has 0 aromatic rings. The summed E-state index contributed by atoms with van der Waals surface area (Å²) in [5.41, 5.74) is -0.468. The second-order valence-corrected chi connectivity index (χ2v) is 7.89. The van der Waals surface area contributed by atoms with Crippen molar-refractivity contribution in [3.8, 4) is 0 Å². The zero-order valence-corrected chi connectivity index (χ0v) is 18.1. The minimum absolute atomic E-state index is 0.381. The van der Waals surface area contributed by atoms with Crippen LogP contribution in [0.5, 0.6) is 0 Å². The minimum Gasteiger partial charge on any atom is -0.444 e. The topological polar surface area (TPSA) is 78.0 Å². The number of carbonyl (C=O) groups is 1. The highest BCUT2D eigenvalue weighted by Crippen LogP contribution is 2.06. The van der Waals surface area contributed by atoms with Crippen LogP contribution >= 0.6 is 0 Å². The van der Waals surface area contributed by atoms with Gasteiger partial charge in [-0.05, 0) is 61.8 Å². The second-order valence-electron chi connectivity index (χ2n) is 7.89. The SMILES string of the molecule is CCNC(=NCCCNC(=O)OC(C)(C)C)NCCN(C(C)C)C(C)C. The fourth-order valence-electron chi connectivity index (χ4n) is 2.53. The Kier molecular flexibility index (Phi) is 12.1. The predicted octanol–water partition coefficient (Wildman–Crippen LogP) is 2.58. The molecule has 0 heterocycles. The van der Waals surface area contributed by atoms with Crippen molar-refractivity contribution in [2.45, 2.75) is 79.5 Å². The molecule has 0 atom stereocenters. The number of amides is 1. The van der Waals surface area contributed by atoms with E-state index in [0.717, 1.165) is 32.0 Å². The third-order valence-electron chi connectivity index (χ3n) is 3.61. The maximum absolute atomic E-state index is 11.6. The molecule has 0 saturated heterocycles. The number of hydrogen-bond acceptors (Lipinski definition) is 4. The number of guanidine groups is 1. The van der Waals surface area contributed by atoms with Gasteiger partial charge in [0.1, 0.15) is 5.60 Å². The Morgan fingerprint density at radius 3 is 2.15 bits per heavy atom. The summed E-state index contributed by atoms with van der Waals surface area (Å²) in [5.74, 6) is 0.817. The van der Waals surface area contributed by atoms with Crippen LogP contribution in [0.15, 0.2) is 4.99 Å². The number of alkyl carbamates (subject to hydrolysis) is 1. The van der Waals surface area contributed by atoms with Gasteiger partial charge >= 0.3 is 6.09 Å². The van der Waals surface area contributed by atoms with Crippen molar-refractivity contribution in [1.82, 2.24) is 20.9 Å². The molecule has 26 heavy (non-hydrogen) atoms. The monoisotopic (exact) mass is 371 g/mol. The molecule has 0 radical (unpaired) electrons. The van der Waals surface area contributed by atoms with E-state index in [9.17, 15) is 4.79 Å². The molecule has 0 saturated carbocycles. The Hall–Kier alpha value is -1.50. The second kappa shape index (κ2) is 12.8. The maximum atomic E-state index is 11.6. The van der Waals surface area contributed by atoms with Crippen LogP contribution in [0.25, 0.3) is 0 Å². The van der Waals surface area contributed by atoms with Gasteiger partial charge < -0.3 is 20.7 Å². The Morgan fingerprint density at radius 1 is 1.04 bits per heavy atom. The lowest BCUT2D eigenvalue weighted by atomic mass is 10.2. The lowest BCUT2D eigenvalue weighted by molar-refractivity contribution is 0.0527. The van der Waals surface area contributed by atoms with E-state index in [0.29, 0.717) is 25.2 Å². The van der Waals surface area contributed by atoms with Gasteiger partial charge in [0.2, 0.25) is 0 Å². The number of hydrogen-bond donors (Lipinski definition) is 3. The third kappa shape index (κ3) is 12.8. The number of rotatable bonds is 10. The smallest absolute Gasteiger partial charge is 0.407 e. The lowest BCUT2D eigenvalue weighted by Gasteiger charge is -2.30. The molecule has 0 spiro atoms. The Labute approximate surface area is 160 Å². The zero-order valence-electron chi connectivity index (χ0n) is 18.1. The summed E-state index contributed by atoms with van der Waals surface area (Å²) in [5, 5.41) is 9.38. The van der Waals surface area contributed by atoms with Crippen LogP contribution in [0, 0.1) is 0 Å². The summed E-state index contributed by atoms with van der Waals surface area (Å²) in [4.78, 5) is 18.6. The zero-order chi connectivity index (χ0) is 20.2. The molecule has 7 nitrogen and oxygen atoms in total. The summed E-state index contributed by atoms with van der Waals surface area (Å²) in [7, 11) is 0. The molecule has 0 aliphatic carbocycles. The van der Waals surface area contributed by atoms with Gasteiger partial charge in [-0.2, -0.15) is 0 Å². The molecule has 0 aliphatic heterocycles. The van der Waals surface area contributed by atoms with Crippen molar-refractivity contribution >= 4 is 12.1 Å². The first-order valence-corrected chi connectivity index (χ1v) is 9.81. The van der Waals surface area contributed by atoms with Crippen LogP contribution < -0.4 is 16.0 Å². The first kappa shape index (κ1) is 24.5. The molecule has 7 heteroatoms. The quantitative estimate of drug-likeness (QED) is 0.312. The molecular formula is C19H41N5O2. The highest BCUT2D eigenvalue weighted by molar-refractivity contribution is 5.79. The standard InChI is InChI=1S/C19H41N5O2/c1-9-20-17(22-13-14-24(15(2)3)16(4)5)21-11-10-12-23-18(25)26-19(6,7)8/h15-16H,9-14H2,1-8H3,(H,23,25)(H2,20,21,22). The van der Waals surface area contributed by atoms with Gasteiger partial charge in [-0.15, -0.1) is 0 Å². The van der Waals surface area contributed by atoms with Crippen LogP contribution in [-0.2, 0) is 4.74 Å². The Balaban J connectivity index is 4.18. The molecule has 0 rings (SSSR count). The van der Waals surface area contributed by atoms with Gasteiger partial charge in [-0.3, -0.25) is 9.89 Å². The van der Waals surface area contributed by atoms with E-state index in [-0.39, 0.29) is 6.09 Å². The maximum Gasteiger partial charge on any atom is 0.407 e. The fraction of sp³-hybridized carbons (Fsp3) is 0.895. The molecule has 0 aromatic carbocycles. The summed E-state index contributed by atoms with van der Waals surface area (Å²) in [6, 6.07) is 1.05. The van der Waals surface area contributed by atoms with Crippen molar-refractivity contribution < 1.29 is 9.53 Å². The molecule has 154 valence electrons. The largest absolute Gasteiger partial charge is 0.444 e. The number of ether oxygens (including phenoxy) is 1. The van der Waals surface area contributed by atoms with E-state index < -0.39 is 5.60 Å². The molecule has 0 unspecified atom stereocenters. The van der Waals surface area contributed by atoms with E-state index in [1.54, 1.807) is 0 Å². The molecule has 0 fully saturated rings. The normalized spacial score (nSPS) is 12.7. The van der Waals surface area contributed by atoms with E-state index in [2.05, 4.69) is 60.5 Å². The Bertz CT molecular complexity index is 409. The number of nitrogens with zero attached hydrogens (tertiary/aromatic N) is 2. The van der Waals surface area contributed by atoms with Gasteiger partial charge in [-0.1, -0.05) is 0 Å². The van der Waals surface area contributed by atoms with E-state index >= 15 is 0 Å². The third-order valence-corrected chi connectivity index (χ3v) is 3.61. The average Bonchev–Trinajstić information content (AvgIpc) is 2.48. The molecule has 3 N–H and O–H groups in total. The molecular weight excluding hydrogens is 330 g/mol. The van der Waals surface area contributed by atoms with Crippen LogP contribution in [0.4, 0.5) is 4.79 Å². The summed E-state index contributed by atoms with van der Waals surface area (Å²) < 4.78 is 5.20. The predicted molar refractivity (Wildman–Crippen MR) is 110 cm³/mol. The highest BCUT2D eigenvalue weighted by Gasteiger charge is 2.15. The lowest BCUT2D eigenvalue weighted by Crippen LogP contribution is -2.45. The summed E-state index contributed by atoms with van der Waals surface area (Å²) >= 11 is 0. The van der Waals surface area contributed by atoms with Gasteiger partial charge in [0.05, 0.1) is 0 Å². The van der Waals surface area contributed by atoms with Crippen molar-refractivity contribution in [3.63, 3.8) is 0 Å². The van der Waals surface area contributed by atoms with Crippen LogP contribution in [0.2, 0.25) is 0 Å². The number of aliphatic imine (C=N–C) groups is 1. The summed E-state index contributed by atoms with van der Waals surface area (Å²) in [6.45, 7) is 20.3. The molecule has 0 aliphatic rings. The molecule has 0 bridgehead atoms. The van der Waals surface area contributed by atoms with Crippen LogP contribution in [0.1, 0.15) is 61.8 Å². The summed E-state index contributed by atoms with van der Waals surface area (Å²) in [6.07, 6.45) is 0.383. The first-order valence-electron chi connectivity index (χ1n) is 9.81. The van der Waals surface area contributed by atoms with Crippen molar-refractivity contribution in [3.05, 3.63) is 0 Å². The van der Waals surface area contributed by atoms with Crippen LogP contribution in [-0.4, -0.2) is 67.4 Å². The number of nitrogens with one attached hydrogen (secondary N) is 3. The van der Waals surface area contributed by atoms with Gasteiger partial charge in [-0.25, -0.2) is 4.79 Å². The van der Waals surface area contributed by atoms with Crippen LogP contribution in [0.3, 0.4) is 0 Å². The van der Waals surface area contributed by atoms with Crippen molar-refractivity contribution in [1.29, 1.82) is 0 Å². The van der Waals surface area contributed by atoms with Crippen molar-refractivity contribution in [2.24, 2.45) is 4.99 Å². The average molecular weight is 372 g/mol. The van der Waals surface area contributed by atoms with E-state index in [4.69, 9.17) is 4.74 Å². The highest BCUT2D eigenvalue weighted by atomic mass is 16.6. The fourth-order valence-corrected chi connectivity index (χ4v) is 2.53. The minimum atomic E-state index is -0.468. The van der Waals surface area contributed by atoms with E-state index in [1.807, 2.05) is 20.8 Å². The first-order chi connectivity index (χ1) is 12.1. The molecule has 0 aromatic heterocycles. The Morgan fingerprint density at radius 2 is 1.65 bits per heavy atom. The number of carbonyl (C=O) groups excluding carboxylic acids is 1.